The smallest absolute Gasteiger partial charge is 0.123 e. The first-order valence-corrected chi connectivity index (χ1v) is 6.92. The van der Waals surface area contributed by atoms with Gasteiger partial charge in [0.25, 0.3) is 0 Å². The second-order valence-electron chi connectivity index (χ2n) is 5.07. The summed E-state index contributed by atoms with van der Waals surface area (Å²) < 4.78 is 5.67. The van der Waals surface area contributed by atoms with Gasteiger partial charge >= 0.3 is 0 Å². The number of nitrogens with one attached hydrogen (secondary N) is 1. The first-order valence-electron chi connectivity index (χ1n) is 6.54. The zero-order chi connectivity index (χ0) is 14.7. The van der Waals surface area contributed by atoms with Crippen molar-refractivity contribution < 1.29 is 4.74 Å². The summed E-state index contributed by atoms with van der Waals surface area (Å²) in [5, 5.41) is 3.95. The molecule has 2 aromatic carbocycles. The molecule has 0 fully saturated rings. The van der Waals surface area contributed by atoms with Crippen molar-refractivity contribution in [1.29, 1.82) is 0 Å². The van der Waals surface area contributed by atoms with Gasteiger partial charge in [0.05, 0.1) is 16.8 Å². The molecule has 0 saturated carbocycles. The minimum Gasteiger partial charge on any atom is -0.491 e. The van der Waals surface area contributed by atoms with E-state index in [0.29, 0.717) is 10.7 Å². The first kappa shape index (κ1) is 14.5. The van der Waals surface area contributed by atoms with Crippen molar-refractivity contribution in [3.8, 4) is 5.75 Å². The Morgan fingerprint density at radius 3 is 2.60 bits per heavy atom. The standard InChI is InChI=1S/C16H19ClN2O/c1-10(2)20-14-8-12(18)7-13(9-14)19-16-6-11(3)4-5-15(16)17/h4-10,19H,18H2,1-3H3. The molecule has 106 valence electrons. The van der Waals surface area contributed by atoms with E-state index in [-0.39, 0.29) is 6.10 Å². The van der Waals surface area contributed by atoms with Crippen LogP contribution in [-0.4, -0.2) is 6.10 Å². The van der Waals surface area contributed by atoms with E-state index in [0.717, 1.165) is 22.7 Å². The lowest BCUT2D eigenvalue weighted by atomic mass is 10.2. The van der Waals surface area contributed by atoms with E-state index >= 15 is 0 Å². The van der Waals surface area contributed by atoms with Crippen LogP contribution in [0.3, 0.4) is 0 Å². The number of benzene rings is 2. The minimum atomic E-state index is 0.104. The highest BCUT2D eigenvalue weighted by Crippen LogP contribution is 2.30. The quantitative estimate of drug-likeness (QED) is 0.798. The predicted molar refractivity (Wildman–Crippen MR) is 86.1 cm³/mol. The summed E-state index contributed by atoms with van der Waals surface area (Å²) in [6.07, 6.45) is 0.104. The average molecular weight is 291 g/mol. The van der Waals surface area contributed by atoms with Gasteiger partial charge in [-0.05, 0) is 44.5 Å². The molecule has 0 amide bonds. The van der Waals surface area contributed by atoms with Gasteiger partial charge in [-0.3, -0.25) is 0 Å². The van der Waals surface area contributed by atoms with Crippen LogP contribution in [-0.2, 0) is 0 Å². The summed E-state index contributed by atoms with van der Waals surface area (Å²) >= 11 is 6.19. The number of hydrogen-bond donors (Lipinski definition) is 2. The van der Waals surface area contributed by atoms with Gasteiger partial charge in [0.15, 0.2) is 0 Å². The molecule has 20 heavy (non-hydrogen) atoms. The third kappa shape index (κ3) is 3.81. The topological polar surface area (TPSA) is 47.3 Å². The lowest BCUT2D eigenvalue weighted by Gasteiger charge is -2.14. The van der Waals surface area contributed by atoms with Crippen molar-refractivity contribution in [2.75, 3.05) is 11.1 Å². The Morgan fingerprint density at radius 2 is 1.90 bits per heavy atom. The molecule has 2 aromatic rings. The van der Waals surface area contributed by atoms with E-state index in [1.165, 1.54) is 0 Å². The fourth-order valence-corrected chi connectivity index (χ4v) is 2.09. The van der Waals surface area contributed by atoms with Gasteiger partial charge in [-0.1, -0.05) is 17.7 Å². The van der Waals surface area contributed by atoms with Crippen LogP contribution < -0.4 is 15.8 Å². The second kappa shape index (κ2) is 6.06. The average Bonchev–Trinajstić information content (AvgIpc) is 2.32. The molecule has 0 spiro atoms. The fraction of sp³-hybridized carbons (Fsp3) is 0.250. The number of anilines is 3. The van der Waals surface area contributed by atoms with Gasteiger partial charge in [-0.15, -0.1) is 0 Å². The lowest BCUT2D eigenvalue weighted by Crippen LogP contribution is -2.06. The zero-order valence-corrected chi connectivity index (χ0v) is 12.7. The lowest BCUT2D eigenvalue weighted by molar-refractivity contribution is 0.242. The molecule has 0 saturated heterocycles. The normalized spacial score (nSPS) is 10.7. The molecule has 3 N–H and O–H groups in total. The number of nitrogens with two attached hydrogens (primary N) is 1. The van der Waals surface area contributed by atoms with Crippen molar-refractivity contribution >= 4 is 28.7 Å². The largest absolute Gasteiger partial charge is 0.491 e. The van der Waals surface area contributed by atoms with Crippen LogP contribution in [0.5, 0.6) is 5.75 Å². The molecule has 0 aromatic heterocycles. The summed E-state index contributed by atoms with van der Waals surface area (Å²) in [7, 11) is 0. The van der Waals surface area contributed by atoms with E-state index in [1.54, 1.807) is 0 Å². The Balaban J connectivity index is 2.28. The fourth-order valence-electron chi connectivity index (χ4n) is 1.92. The van der Waals surface area contributed by atoms with Gasteiger partial charge in [-0.2, -0.15) is 0 Å². The SMILES string of the molecule is Cc1ccc(Cl)c(Nc2cc(N)cc(OC(C)C)c2)c1. The summed E-state index contributed by atoms with van der Waals surface area (Å²) in [5.41, 5.74) is 9.40. The van der Waals surface area contributed by atoms with Crippen molar-refractivity contribution in [3.63, 3.8) is 0 Å². The summed E-state index contributed by atoms with van der Waals surface area (Å²) in [6, 6.07) is 11.4. The molecular formula is C16H19ClN2O. The molecule has 0 aliphatic rings. The van der Waals surface area contributed by atoms with Gasteiger partial charge < -0.3 is 15.8 Å². The van der Waals surface area contributed by atoms with E-state index in [1.807, 2.05) is 57.2 Å². The van der Waals surface area contributed by atoms with Gasteiger partial charge in [0, 0.05) is 23.5 Å². The molecule has 0 radical (unpaired) electrons. The number of nitrogen functional groups attached to an aromatic ring is 1. The van der Waals surface area contributed by atoms with E-state index < -0.39 is 0 Å². The monoisotopic (exact) mass is 290 g/mol. The molecule has 0 heterocycles. The Labute approximate surface area is 124 Å². The number of hydrogen-bond acceptors (Lipinski definition) is 3. The van der Waals surface area contributed by atoms with Crippen LogP contribution in [0.15, 0.2) is 36.4 Å². The molecular weight excluding hydrogens is 272 g/mol. The molecule has 0 unspecified atom stereocenters. The van der Waals surface area contributed by atoms with Crippen LogP contribution in [0.2, 0.25) is 5.02 Å². The van der Waals surface area contributed by atoms with Gasteiger partial charge in [0.2, 0.25) is 0 Å². The molecule has 0 aliphatic carbocycles. The number of ether oxygens (including phenoxy) is 1. The molecule has 4 heteroatoms. The highest BCUT2D eigenvalue weighted by molar-refractivity contribution is 6.33. The minimum absolute atomic E-state index is 0.104. The van der Waals surface area contributed by atoms with Crippen LogP contribution in [0.1, 0.15) is 19.4 Å². The third-order valence-electron chi connectivity index (χ3n) is 2.70. The Hall–Kier alpha value is -1.87. The summed E-state index contributed by atoms with van der Waals surface area (Å²) in [4.78, 5) is 0. The van der Waals surface area contributed by atoms with E-state index in [2.05, 4.69) is 5.32 Å². The van der Waals surface area contributed by atoms with Gasteiger partial charge in [0.1, 0.15) is 5.75 Å². The summed E-state index contributed by atoms with van der Waals surface area (Å²) in [5.74, 6) is 0.742. The maximum atomic E-state index is 6.19. The Bertz CT molecular complexity index is 611. The predicted octanol–water partition coefficient (Wildman–Crippen LogP) is 4.76. The third-order valence-corrected chi connectivity index (χ3v) is 3.03. The molecule has 0 bridgehead atoms. The highest BCUT2D eigenvalue weighted by Gasteiger charge is 2.05. The second-order valence-corrected chi connectivity index (χ2v) is 5.47. The van der Waals surface area contributed by atoms with Crippen LogP contribution in [0.4, 0.5) is 17.1 Å². The summed E-state index contributed by atoms with van der Waals surface area (Å²) in [6.45, 7) is 5.98. The number of rotatable bonds is 4. The maximum Gasteiger partial charge on any atom is 0.123 e. The highest BCUT2D eigenvalue weighted by atomic mass is 35.5. The van der Waals surface area contributed by atoms with Crippen molar-refractivity contribution in [3.05, 3.63) is 47.0 Å². The molecule has 0 atom stereocenters. The Kier molecular flexibility index (Phi) is 4.40. The van der Waals surface area contributed by atoms with Crippen molar-refractivity contribution in [1.82, 2.24) is 0 Å². The molecule has 2 rings (SSSR count). The Morgan fingerprint density at radius 1 is 1.15 bits per heavy atom. The van der Waals surface area contributed by atoms with E-state index in [4.69, 9.17) is 22.1 Å². The molecule has 3 nitrogen and oxygen atoms in total. The van der Waals surface area contributed by atoms with E-state index in [9.17, 15) is 0 Å². The zero-order valence-electron chi connectivity index (χ0n) is 11.9. The number of aryl methyl sites for hydroxylation is 1. The van der Waals surface area contributed by atoms with Crippen molar-refractivity contribution in [2.45, 2.75) is 26.9 Å². The van der Waals surface area contributed by atoms with Crippen LogP contribution in [0.25, 0.3) is 0 Å². The van der Waals surface area contributed by atoms with Crippen LogP contribution >= 0.6 is 11.6 Å². The van der Waals surface area contributed by atoms with Crippen molar-refractivity contribution in [2.24, 2.45) is 0 Å². The van der Waals surface area contributed by atoms with Crippen LogP contribution in [0, 0.1) is 6.92 Å². The molecule has 0 aliphatic heterocycles. The number of halogens is 1. The maximum absolute atomic E-state index is 6.19. The first-order chi connectivity index (χ1) is 9.44. The van der Waals surface area contributed by atoms with Gasteiger partial charge in [-0.25, -0.2) is 0 Å².